The summed E-state index contributed by atoms with van der Waals surface area (Å²) in [6.07, 6.45) is -1.05. The summed E-state index contributed by atoms with van der Waals surface area (Å²) in [5.41, 5.74) is 0. The van der Waals surface area contributed by atoms with Gasteiger partial charge in [0.2, 0.25) is 0 Å². The summed E-state index contributed by atoms with van der Waals surface area (Å²) in [4.78, 5) is 0. The summed E-state index contributed by atoms with van der Waals surface area (Å²) in [5.74, 6) is 0. The summed E-state index contributed by atoms with van der Waals surface area (Å²) in [5, 5.41) is 0. The van der Waals surface area contributed by atoms with Gasteiger partial charge in [0, 0.05) is 0 Å². The number of ether oxygens (including phenoxy) is 1. The lowest BCUT2D eigenvalue weighted by molar-refractivity contribution is -0.315. The molecule has 7 heteroatoms. The minimum Gasteiger partial charge on any atom is -0.374 e. The van der Waals surface area contributed by atoms with E-state index < -0.39 is 18.5 Å². The monoisotopic (exact) mass is 236 g/mol. The van der Waals surface area contributed by atoms with E-state index >= 15 is 0 Å². The molecule has 0 amide bonds. The van der Waals surface area contributed by atoms with Crippen LogP contribution >= 0.6 is 0 Å². The smallest absolute Gasteiger partial charge is 0.374 e. The molecular formula is C8H10F6O. The zero-order valence-electron chi connectivity index (χ0n) is 7.71. The molecule has 1 fully saturated rings. The average Bonchev–Trinajstić information content (AvgIpc) is 2.56. The van der Waals surface area contributed by atoms with Gasteiger partial charge >= 0.3 is 18.5 Å². The van der Waals surface area contributed by atoms with Gasteiger partial charge in [0.25, 0.3) is 0 Å². The molecule has 1 nitrogen and oxygen atoms in total. The van der Waals surface area contributed by atoms with Crippen molar-refractivity contribution in [2.45, 2.75) is 38.5 Å². The Kier molecular flexibility index (Phi) is 6.19. The van der Waals surface area contributed by atoms with Gasteiger partial charge in [-0.3, -0.25) is 0 Å². The molecule has 0 aromatic carbocycles. The van der Waals surface area contributed by atoms with E-state index in [9.17, 15) is 26.3 Å². The third-order valence-corrected chi connectivity index (χ3v) is 1.60. The number of hydrogen-bond donors (Lipinski definition) is 0. The maximum absolute atomic E-state index is 11.2. The van der Waals surface area contributed by atoms with Gasteiger partial charge in [-0.25, -0.2) is 0 Å². The summed E-state index contributed by atoms with van der Waals surface area (Å²) >= 11 is 0. The average molecular weight is 236 g/mol. The fraction of sp³-hybridized carbons (Fsp3) is 0.750. The van der Waals surface area contributed by atoms with E-state index in [0.29, 0.717) is 0 Å². The van der Waals surface area contributed by atoms with Crippen molar-refractivity contribution in [2.24, 2.45) is 0 Å². The second-order valence-corrected chi connectivity index (χ2v) is 2.85. The summed E-state index contributed by atoms with van der Waals surface area (Å²) in [6.45, 7) is 0. The second-order valence-electron chi connectivity index (χ2n) is 2.85. The normalized spacial score (nSPS) is 15.3. The largest absolute Gasteiger partial charge is 0.574 e. The first-order chi connectivity index (χ1) is 6.83. The lowest BCUT2D eigenvalue weighted by atomic mass is 10.4. The maximum Gasteiger partial charge on any atom is 0.574 e. The lowest BCUT2D eigenvalue weighted by Crippen LogP contribution is -2.11. The van der Waals surface area contributed by atoms with Crippen molar-refractivity contribution >= 4 is 0 Å². The zero-order chi connectivity index (χ0) is 11.9. The summed E-state index contributed by atoms with van der Waals surface area (Å²) in [6, 6.07) is -2.92. The molecule has 90 valence electrons. The van der Waals surface area contributed by atoms with Crippen molar-refractivity contribution in [3.05, 3.63) is 12.1 Å². The van der Waals surface area contributed by atoms with Crippen molar-refractivity contribution in [1.82, 2.24) is 0 Å². The van der Waals surface area contributed by atoms with E-state index in [0.717, 1.165) is 0 Å². The van der Waals surface area contributed by atoms with E-state index in [1.807, 2.05) is 0 Å². The van der Waals surface area contributed by atoms with Gasteiger partial charge < -0.3 is 4.74 Å². The van der Waals surface area contributed by atoms with E-state index in [2.05, 4.69) is 4.74 Å². The van der Waals surface area contributed by atoms with Crippen LogP contribution in [0.4, 0.5) is 26.3 Å². The number of halogens is 6. The van der Waals surface area contributed by atoms with Crippen LogP contribution in [0.5, 0.6) is 0 Å². The number of rotatable bonds is 1. The third-order valence-electron chi connectivity index (χ3n) is 1.60. The minimum atomic E-state index is -5.41. The molecule has 0 aromatic heterocycles. The molecule has 0 bridgehead atoms. The molecule has 0 spiro atoms. The van der Waals surface area contributed by atoms with Crippen molar-refractivity contribution in [1.29, 1.82) is 0 Å². The molecule has 0 saturated heterocycles. The Hall–Kier alpha value is -0.880. The predicted molar refractivity (Wildman–Crippen MR) is 40.6 cm³/mol. The van der Waals surface area contributed by atoms with Crippen LogP contribution in [0.3, 0.4) is 0 Å². The summed E-state index contributed by atoms with van der Waals surface area (Å²) < 4.78 is 67.6. The van der Waals surface area contributed by atoms with Crippen molar-refractivity contribution in [3.8, 4) is 0 Å². The molecule has 0 N–H and O–H groups in total. The maximum atomic E-state index is 11.2. The first-order valence-electron chi connectivity index (χ1n) is 4.29. The molecule has 1 saturated carbocycles. The van der Waals surface area contributed by atoms with Gasteiger partial charge in [-0.15, -0.1) is 13.2 Å². The third kappa shape index (κ3) is 9.42. The fourth-order valence-corrected chi connectivity index (χ4v) is 1.02. The van der Waals surface area contributed by atoms with Gasteiger partial charge in [-0.2, -0.15) is 13.2 Å². The first-order valence-corrected chi connectivity index (χ1v) is 4.29. The Balaban J connectivity index is 0.000000322. The first kappa shape index (κ1) is 14.1. The van der Waals surface area contributed by atoms with Crippen LogP contribution in [0.2, 0.25) is 0 Å². The molecule has 0 radical (unpaired) electrons. The highest BCUT2D eigenvalue weighted by Crippen LogP contribution is 2.23. The molecule has 0 aromatic rings. The zero-order valence-corrected chi connectivity index (χ0v) is 7.71. The van der Waals surface area contributed by atoms with Crippen LogP contribution in [0, 0.1) is 0 Å². The summed E-state index contributed by atoms with van der Waals surface area (Å²) in [7, 11) is 0. The van der Waals surface area contributed by atoms with Crippen LogP contribution < -0.4 is 0 Å². The molecule has 0 unspecified atom stereocenters. The molecule has 0 atom stereocenters. The fourth-order valence-electron chi connectivity index (χ4n) is 1.02. The van der Waals surface area contributed by atoms with E-state index in [1.165, 1.54) is 32.1 Å². The molecule has 1 aliphatic rings. The van der Waals surface area contributed by atoms with Crippen LogP contribution in [0.1, 0.15) is 32.1 Å². The molecule has 0 heterocycles. The lowest BCUT2D eigenvalue weighted by Gasteiger charge is -2.03. The standard InChI is InChI=1S/C5H10.C3F6O/c1-2-4-5-3-1;4-1(5)2(6)10-3(7,8)9/h1-5H2;. The van der Waals surface area contributed by atoms with E-state index in [4.69, 9.17) is 0 Å². The minimum absolute atomic E-state index is 1.50. The number of hydrogen-bond acceptors (Lipinski definition) is 1. The molecule has 1 rings (SSSR count). The Morgan fingerprint density at radius 3 is 1.27 bits per heavy atom. The highest BCUT2D eigenvalue weighted by Gasteiger charge is 2.34. The topological polar surface area (TPSA) is 9.23 Å². The van der Waals surface area contributed by atoms with Gasteiger partial charge in [0.1, 0.15) is 0 Å². The van der Waals surface area contributed by atoms with Crippen LogP contribution in [0.25, 0.3) is 0 Å². The number of alkyl halides is 3. The second kappa shape index (κ2) is 6.58. The van der Waals surface area contributed by atoms with Gasteiger partial charge in [-0.1, -0.05) is 32.1 Å². The Morgan fingerprint density at radius 1 is 0.800 bits per heavy atom. The molecule has 0 aliphatic heterocycles. The van der Waals surface area contributed by atoms with Crippen LogP contribution in [0.15, 0.2) is 12.1 Å². The Labute approximate surface area is 82.7 Å². The predicted octanol–water partition coefficient (Wildman–Crippen LogP) is 4.51. The molecule has 1 aliphatic carbocycles. The van der Waals surface area contributed by atoms with Crippen LogP contribution in [-0.4, -0.2) is 6.36 Å². The quantitative estimate of drug-likeness (QED) is 0.480. The van der Waals surface area contributed by atoms with Gasteiger partial charge in [0.05, 0.1) is 0 Å². The Bertz CT molecular complexity index is 194. The van der Waals surface area contributed by atoms with Gasteiger partial charge in [0.15, 0.2) is 0 Å². The van der Waals surface area contributed by atoms with Gasteiger partial charge in [-0.05, 0) is 0 Å². The highest BCUT2D eigenvalue weighted by molar-refractivity contribution is 4.80. The molecular weight excluding hydrogens is 226 g/mol. The highest BCUT2D eigenvalue weighted by atomic mass is 19.4. The molecule has 15 heavy (non-hydrogen) atoms. The van der Waals surface area contributed by atoms with Crippen LogP contribution in [-0.2, 0) is 4.74 Å². The van der Waals surface area contributed by atoms with Crippen molar-refractivity contribution in [3.63, 3.8) is 0 Å². The van der Waals surface area contributed by atoms with E-state index in [-0.39, 0.29) is 0 Å². The van der Waals surface area contributed by atoms with Crippen molar-refractivity contribution in [2.75, 3.05) is 0 Å². The Morgan fingerprint density at radius 2 is 1.13 bits per heavy atom. The van der Waals surface area contributed by atoms with Crippen molar-refractivity contribution < 1.29 is 31.1 Å². The SMILES string of the molecule is C1CCCC1.FC(F)=C(F)OC(F)(F)F. The van der Waals surface area contributed by atoms with E-state index in [1.54, 1.807) is 0 Å².